The minimum atomic E-state index is -0.757. The molecule has 0 bridgehead atoms. The number of Topliss-reactive ketones (excluding diaryl/α,β-unsaturated/α-hetero) is 1. The van der Waals surface area contributed by atoms with E-state index in [0.29, 0.717) is 5.89 Å². The number of nitrogens with zero attached hydrogens (tertiary/aromatic N) is 2. The fraction of sp³-hybridized carbons (Fsp3) is 0.118. The lowest BCUT2D eigenvalue weighted by Gasteiger charge is -2.01. The van der Waals surface area contributed by atoms with Crippen LogP contribution in [0.4, 0.5) is 8.78 Å². The van der Waals surface area contributed by atoms with Gasteiger partial charge >= 0.3 is 0 Å². The van der Waals surface area contributed by atoms with Gasteiger partial charge in [0.15, 0.2) is 5.78 Å². The van der Waals surface area contributed by atoms with Gasteiger partial charge in [-0.3, -0.25) is 4.79 Å². The first kappa shape index (κ1) is 16.3. The van der Waals surface area contributed by atoms with E-state index in [-0.39, 0.29) is 16.5 Å². The molecule has 0 spiro atoms. The second-order valence-corrected chi connectivity index (χ2v) is 6.00. The van der Waals surface area contributed by atoms with Gasteiger partial charge in [0.1, 0.15) is 11.6 Å². The lowest BCUT2D eigenvalue weighted by molar-refractivity contribution is 0.101. The van der Waals surface area contributed by atoms with E-state index in [0.717, 1.165) is 41.1 Å². The van der Waals surface area contributed by atoms with Crippen molar-refractivity contribution in [1.29, 1.82) is 0 Å². The zero-order chi connectivity index (χ0) is 17.1. The quantitative estimate of drug-likeness (QED) is 0.509. The lowest BCUT2D eigenvalue weighted by atomic mass is 10.1. The Labute approximate surface area is 140 Å². The average molecular weight is 346 g/mol. The lowest BCUT2D eigenvalue weighted by Crippen LogP contribution is -2.06. The second kappa shape index (κ2) is 6.92. The van der Waals surface area contributed by atoms with Crippen LogP contribution in [0.2, 0.25) is 0 Å². The van der Waals surface area contributed by atoms with Crippen molar-refractivity contribution in [3.05, 3.63) is 65.2 Å². The molecule has 0 unspecified atom stereocenters. The van der Waals surface area contributed by atoms with E-state index in [1.54, 1.807) is 0 Å². The summed E-state index contributed by atoms with van der Waals surface area (Å²) in [4.78, 5) is 12.0. The van der Waals surface area contributed by atoms with Gasteiger partial charge in [-0.2, -0.15) is 0 Å². The number of hydrogen-bond acceptors (Lipinski definition) is 5. The molecule has 0 fully saturated rings. The van der Waals surface area contributed by atoms with Crippen molar-refractivity contribution in [2.75, 3.05) is 5.75 Å². The molecule has 2 aromatic carbocycles. The minimum Gasteiger partial charge on any atom is -0.411 e. The Hall–Kier alpha value is -2.54. The predicted octanol–water partition coefficient (Wildman–Crippen LogP) is 4.30. The van der Waals surface area contributed by atoms with Crippen molar-refractivity contribution >= 4 is 17.5 Å². The molecule has 0 aliphatic heterocycles. The fourth-order valence-corrected chi connectivity index (χ4v) is 2.64. The second-order valence-electron chi connectivity index (χ2n) is 5.08. The first-order valence-corrected chi connectivity index (χ1v) is 8.03. The highest BCUT2D eigenvalue weighted by Gasteiger charge is 2.16. The molecule has 24 heavy (non-hydrogen) atoms. The van der Waals surface area contributed by atoms with Crippen LogP contribution in [0, 0.1) is 18.6 Å². The molecule has 0 amide bonds. The number of ketones is 1. The monoisotopic (exact) mass is 346 g/mol. The molecular weight excluding hydrogens is 334 g/mol. The molecule has 0 N–H and O–H groups in total. The highest BCUT2D eigenvalue weighted by atomic mass is 32.2. The van der Waals surface area contributed by atoms with Crippen LogP contribution in [0.15, 0.2) is 52.1 Å². The van der Waals surface area contributed by atoms with E-state index in [1.165, 1.54) is 0 Å². The first-order chi connectivity index (χ1) is 11.5. The molecule has 0 aliphatic carbocycles. The summed E-state index contributed by atoms with van der Waals surface area (Å²) < 4.78 is 32.1. The highest BCUT2D eigenvalue weighted by Crippen LogP contribution is 2.24. The molecule has 1 heterocycles. The summed E-state index contributed by atoms with van der Waals surface area (Å²) in [6.07, 6.45) is 0. The van der Waals surface area contributed by atoms with Gasteiger partial charge in [-0.05, 0) is 37.3 Å². The minimum absolute atomic E-state index is 0.129. The molecule has 1 aromatic heterocycles. The summed E-state index contributed by atoms with van der Waals surface area (Å²) in [7, 11) is 0. The number of carbonyl (C=O) groups excluding carboxylic acids is 1. The van der Waals surface area contributed by atoms with Gasteiger partial charge in [-0.25, -0.2) is 8.78 Å². The standard InChI is InChI=1S/C17H12F2N2O2S/c1-10-2-4-11(5-3-10)16-20-21-17(23-16)24-9-15(22)13-8-12(18)6-7-14(13)19/h2-8H,9H2,1H3. The molecule has 0 saturated carbocycles. The molecular formula is C17H12F2N2O2S. The fourth-order valence-electron chi connectivity index (χ4n) is 2.00. The Morgan fingerprint density at radius 3 is 2.62 bits per heavy atom. The number of carbonyl (C=O) groups is 1. The van der Waals surface area contributed by atoms with Gasteiger partial charge in [0.25, 0.3) is 5.22 Å². The van der Waals surface area contributed by atoms with Crippen LogP contribution in [-0.2, 0) is 0 Å². The summed E-state index contributed by atoms with van der Waals surface area (Å²) >= 11 is 0.978. The Morgan fingerprint density at radius 1 is 1.12 bits per heavy atom. The largest absolute Gasteiger partial charge is 0.411 e. The van der Waals surface area contributed by atoms with Crippen LogP contribution in [0.25, 0.3) is 11.5 Å². The molecule has 4 nitrogen and oxygen atoms in total. The molecule has 0 saturated heterocycles. The molecule has 7 heteroatoms. The predicted molar refractivity (Wildman–Crippen MR) is 85.9 cm³/mol. The molecule has 0 atom stereocenters. The Bertz CT molecular complexity index is 879. The summed E-state index contributed by atoms with van der Waals surface area (Å²) in [5.41, 5.74) is 1.58. The number of benzene rings is 2. The SMILES string of the molecule is Cc1ccc(-c2nnc(SCC(=O)c3cc(F)ccc3F)o2)cc1. The van der Waals surface area contributed by atoms with Crippen LogP contribution >= 0.6 is 11.8 Å². The van der Waals surface area contributed by atoms with E-state index in [9.17, 15) is 13.6 Å². The highest BCUT2D eigenvalue weighted by molar-refractivity contribution is 7.99. The van der Waals surface area contributed by atoms with Crippen LogP contribution in [0.5, 0.6) is 0 Å². The van der Waals surface area contributed by atoms with Crippen molar-refractivity contribution in [1.82, 2.24) is 10.2 Å². The van der Waals surface area contributed by atoms with Crippen LogP contribution < -0.4 is 0 Å². The van der Waals surface area contributed by atoms with E-state index < -0.39 is 17.4 Å². The number of thioether (sulfide) groups is 1. The first-order valence-electron chi connectivity index (χ1n) is 7.04. The number of aryl methyl sites for hydroxylation is 1. The van der Waals surface area contributed by atoms with Gasteiger partial charge in [0, 0.05) is 5.56 Å². The average Bonchev–Trinajstić information content (AvgIpc) is 3.04. The maximum absolute atomic E-state index is 13.6. The van der Waals surface area contributed by atoms with Crippen molar-refractivity contribution in [2.24, 2.45) is 0 Å². The molecule has 0 radical (unpaired) electrons. The Morgan fingerprint density at radius 2 is 1.88 bits per heavy atom. The molecule has 122 valence electrons. The number of aromatic nitrogens is 2. The summed E-state index contributed by atoms with van der Waals surface area (Å²) in [6.45, 7) is 1.97. The third-order valence-electron chi connectivity index (χ3n) is 3.26. The topological polar surface area (TPSA) is 56.0 Å². The Kier molecular flexibility index (Phi) is 4.71. The van der Waals surface area contributed by atoms with Crippen LogP contribution in [0.3, 0.4) is 0 Å². The summed E-state index contributed by atoms with van der Waals surface area (Å²) in [5, 5.41) is 7.95. The van der Waals surface area contributed by atoms with Crippen molar-refractivity contribution < 1.29 is 18.0 Å². The van der Waals surface area contributed by atoms with Crippen molar-refractivity contribution in [3.8, 4) is 11.5 Å². The maximum atomic E-state index is 13.6. The normalized spacial score (nSPS) is 10.8. The van der Waals surface area contributed by atoms with E-state index in [4.69, 9.17) is 4.42 Å². The smallest absolute Gasteiger partial charge is 0.277 e. The maximum Gasteiger partial charge on any atom is 0.277 e. The number of hydrogen-bond donors (Lipinski definition) is 0. The van der Waals surface area contributed by atoms with E-state index in [2.05, 4.69) is 10.2 Å². The number of halogens is 2. The van der Waals surface area contributed by atoms with Gasteiger partial charge in [-0.15, -0.1) is 10.2 Å². The van der Waals surface area contributed by atoms with Gasteiger partial charge < -0.3 is 4.42 Å². The van der Waals surface area contributed by atoms with Crippen LogP contribution in [-0.4, -0.2) is 21.7 Å². The van der Waals surface area contributed by atoms with Crippen molar-refractivity contribution in [2.45, 2.75) is 12.1 Å². The van der Waals surface area contributed by atoms with Gasteiger partial charge in [0.2, 0.25) is 5.89 Å². The third-order valence-corrected chi connectivity index (χ3v) is 4.08. The van der Waals surface area contributed by atoms with E-state index >= 15 is 0 Å². The summed E-state index contributed by atoms with van der Waals surface area (Å²) in [6, 6.07) is 10.3. The summed E-state index contributed by atoms with van der Waals surface area (Å²) in [5.74, 6) is -1.76. The van der Waals surface area contributed by atoms with Crippen LogP contribution in [0.1, 0.15) is 15.9 Å². The molecule has 3 rings (SSSR count). The molecule has 0 aliphatic rings. The van der Waals surface area contributed by atoms with Gasteiger partial charge in [-0.1, -0.05) is 29.5 Å². The number of rotatable bonds is 5. The third kappa shape index (κ3) is 3.68. The molecule has 3 aromatic rings. The zero-order valence-electron chi connectivity index (χ0n) is 12.6. The Balaban J connectivity index is 1.68. The van der Waals surface area contributed by atoms with Gasteiger partial charge in [0.05, 0.1) is 11.3 Å². The zero-order valence-corrected chi connectivity index (χ0v) is 13.4. The van der Waals surface area contributed by atoms with E-state index in [1.807, 2.05) is 31.2 Å². The van der Waals surface area contributed by atoms with Crippen molar-refractivity contribution in [3.63, 3.8) is 0 Å².